The van der Waals surface area contributed by atoms with Crippen molar-refractivity contribution in [2.75, 3.05) is 0 Å². The zero-order valence-corrected chi connectivity index (χ0v) is 13.1. The maximum atomic E-state index is 13.4. The van der Waals surface area contributed by atoms with Gasteiger partial charge in [-0.15, -0.1) is 0 Å². The lowest BCUT2D eigenvalue weighted by atomic mass is 10.1. The van der Waals surface area contributed by atoms with Crippen molar-refractivity contribution >= 4 is 27.0 Å². The minimum atomic E-state index is -3.56. The Labute approximate surface area is 133 Å². The van der Waals surface area contributed by atoms with Crippen molar-refractivity contribution in [2.24, 2.45) is 11.7 Å². The van der Waals surface area contributed by atoms with Crippen LogP contribution in [0, 0.1) is 11.7 Å². The Morgan fingerprint density at radius 2 is 1.77 bits per heavy atom. The Morgan fingerprint density at radius 1 is 1.09 bits per heavy atom. The molecule has 0 saturated heterocycles. The monoisotopic (exact) mass is 335 g/mol. The summed E-state index contributed by atoms with van der Waals surface area (Å²) in [5, 5.41) is -0.728. The van der Waals surface area contributed by atoms with Gasteiger partial charge in [0.1, 0.15) is 5.82 Å². The van der Waals surface area contributed by atoms with Crippen molar-refractivity contribution < 1.29 is 12.8 Å². The van der Waals surface area contributed by atoms with E-state index in [4.69, 9.17) is 18.0 Å². The summed E-state index contributed by atoms with van der Waals surface area (Å²) in [6, 6.07) is 14.1. The molecule has 3 rings (SSSR count). The molecule has 0 spiro atoms. The van der Waals surface area contributed by atoms with Crippen LogP contribution >= 0.6 is 12.2 Å². The van der Waals surface area contributed by atoms with Gasteiger partial charge in [-0.3, -0.25) is 0 Å². The maximum Gasteiger partial charge on any atom is 0.182 e. The molecule has 22 heavy (non-hydrogen) atoms. The summed E-state index contributed by atoms with van der Waals surface area (Å²) in [5.74, 6) is -1.25. The van der Waals surface area contributed by atoms with Crippen molar-refractivity contribution in [2.45, 2.75) is 16.1 Å². The van der Waals surface area contributed by atoms with Crippen molar-refractivity contribution in [1.82, 2.24) is 0 Å². The van der Waals surface area contributed by atoms with E-state index >= 15 is 0 Å². The van der Waals surface area contributed by atoms with E-state index in [1.807, 2.05) is 0 Å². The first kappa shape index (κ1) is 15.1. The molecule has 2 aromatic carbocycles. The molecule has 2 N–H and O–H groups in total. The third kappa shape index (κ3) is 2.53. The molecule has 0 amide bonds. The highest BCUT2D eigenvalue weighted by Crippen LogP contribution is 2.54. The smallest absolute Gasteiger partial charge is 0.182 e. The van der Waals surface area contributed by atoms with Gasteiger partial charge in [-0.2, -0.15) is 0 Å². The average Bonchev–Trinajstić information content (AvgIpc) is 3.25. The van der Waals surface area contributed by atoms with Crippen molar-refractivity contribution in [3.63, 3.8) is 0 Å². The number of thiocarbonyl (C=S) groups is 1. The third-order valence-corrected chi connectivity index (χ3v) is 6.45. The second-order valence-corrected chi connectivity index (χ2v) is 7.91. The molecule has 1 aliphatic rings. The van der Waals surface area contributed by atoms with Gasteiger partial charge in [-0.25, -0.2) is 12.8 Å². The molecule has 0 heterocycles. The first-order valence-electron chi connectivity index (χ1n) is 6.76. The highest BCUT2D eigenvalue weighted by atomic mass is 32.2. The van der Waals surface area contributed by atoms with E-state index in [1.54, 1.807) is 42.5 Å². The van der Waals surface area contributed by atoms with Crippen molar-refractivity contribution in [3.8, 4) is 0 Å². The van der Waals surface area contributed by atoms with Crippen LogP contribution in [0.5, 0.6) is 0 Å². The molecule has 1 aliphatic carbocycles. The lowest BCUT2D eigenvalue weighted by Crippen LogP contribution is -2.17. The molecule has 3 atom stereocenters. The van der Waals surface area contributed by atoms with Gasteiger partial charge in [0, 0.05) is 11.8 Å². The average molecular weight is 335 g/mol. The summed E-state index contributed by atoms with van der Waals surface area (Å²) in [4.78, 5) is 0.388. The van der Waals surface area contributed by atoms with E-state index in [0.29, 0.717) is 5.56 Å². The number of hydrogen-bond acceptors (Lipinski definition) is 3. The van der Waals surface area contributed by atoms with E-state index in [1.165, 1.54) is 12.1 Å². The molecule has 3 nitrogen and oxygen atoms in total. The minimum Gasteiger partial charge on any atom is -0.393 e. The quantitative estimate of drug-likeness (QED) is 0.873. The number of nitrogens with two attached hydrogens (primary N) is 1. The van der Waals surface area contributed by atoms with Gasteiger partial charge in [-0.1, -0.05) is 42.5 Å². The van der Waals surface area contributed by atoms with E-state index in [2.05, 4.69) is 0 Å². The summed E-state index contributed by atoms with van der Waals surface area (Å²) >= 11 is 5.01. The minimum absolute atomic E-state index is 0.152. The maximum absolute atomic E-state index is 13.4. The fourth-order valence-corrected chi connectivity index (χ4v) is 5.44. The first-order valence-corrected chi connectivity index (χ1v) is 8.72. The van der Waals surface area contributed by atoms with Gasteiger partial charge >= 0.3 is 0 Å². The van der Waals surface area contributed by atoms with Gasteiger partial charge in [-0.05, 0) is 29.8 Å². The van der Waals surface area contributed by atoms with E-state index in [-0.39, 0.29) is 9.88 Å². The molecule has 0 aromatic heterocycles. The van der Waals surface area contributed by atoms with Crippen LogP contribution in [0.2, 0.25) is 0 Å². The van der Waals surface area contributed by atoms with E-state index in [0.717, 1.165) is 0 Å². The Kier molecular flexibility index (Phi) is 3.74. The van der Waals surface area contributed by atoms with Gasteiger partial charge in [0.15, 0.2) is 9.84 Å². The molecule has 2 aromatic rings. The van der Waals surface area contributed by atoms with Crippen LogP contribution in [0.25, 0.3) is 0 Å². The van der Waals surface area contributed by atoms with Crippen LogP contribution in [0.3, 0.4) is 0 Å². The van der Waals surface area contributed by atoms with Gasteiger partial charge < -0.3 is 5.73 Å². The third-order valence-electron chi connectivity index (χ3n) is 3.95. The molecule has 1 fully saturated rings. The second-order valence-electron chi connectivity index (χ2n) is 5.33. The fraction of sp³-hybridized carbons (Fsp3) is 0.188. The van der Waals surface area contributed by atoms with E-state index < -0.39 is 32.7 Å². The Balaban J connectivity index is 2.01. The summed E-state index contributed by atoms with van der Waals surface area (Å²) in [7, 11) is -3.56. The standard InChI is InChI=1S/C16H14FNO2S2/c17-11-6-4-5-10(9-11)13-14(16(18)21)15(13)22(19,20)12-7-2-1-3-8-12/h1-9,13-15H,(H2,18,21). The summed E-state index contributed by atoms with van der Waals surface area (Å²) in [5.41, 5.74) is 6.32. The molecule has 3 unspecified atom stereocenters. The predicted molar refractivity (Wildman–Crippen MR) is 86.8 cm³/mol. The van der Waals surface area contributed by atoms with Gasteiger partial charge in [0.25, 0.3) is 0 Å². The fourth-order valence-electron chi connectivity index (χ4n) is 2.89. The predicted octanol–water partition coefficient (Wildman–Crippen LogP) is 2.67. The van der Waals surface area contributed by atoms with Crippen LogP contribution in [0.1, 0.15) is 11.5 Å². The lowest BCUT2D eigenvalue weighted by Gasteiger charge is -2.04. The molecule has 114 valence electrons. The molecular formula is C16H14FNO2S2. The number of halogens is 1. The Morgan fingerprint density at radius 3 is 2.36 bits per heavy atom. The van der Waals surface area contributed by atoms with Crippen molar-refractivity contribution in [3.05, 3.63) is 66.0 Å². The van der Waals surface area contributed by atoms with Crippen LogP contribution in [0.4, 0.5) is 4.39 Å². The lowest BCUT2D eigenvalue weighted by molar-refractivity contribution is 0.593. The summed E-state index contributed by atoms with van der Waals surface area (Å²) < 4.78 is 39.0. The second kappa shape index (κ2) is 5.44. The topological polar surface area (TPSA) is 60.2 Å². The van der Waals surface area contributed by atoms with Crippen LogP contribution in [-0.4, -0.2) is 18.7 Å². The zero-order valence-electron chi connectivity index (χ0n) is 11.5. The van der Waals surface area contributed by atoms with Gasteiger partial charge in [0.05, 0.1) is 15.1 Å². The summed E-state index contributed by atoms with van der Waals surface area (Å²) in [6.07, 6.45) is 0. The van der Waals surface area contributed by atoms with Crippen LogP contribution < -0.4 is 5.73 Å². The Hall–Kier alpha value is -1.79. The van der Waals surface area contributed by atoms with Gasteiger partial charge in [0.2, 0.25) is 0 Å². The molecule has 0 aliphatic heterocycles. The number of sulfone groups is 1. The van der Waals surface area contributed by atoms with Crippen LogP contribution in [-0.2, 0) is 9.84 Å². The van der Waals surface area contributed by atoms with E-state index in [9.17, 15) is 12.8 Å². The van der Waals surface area contributed by atoms with Crippen LogP contribution in [0.15, 0.2) is 59.5 Å². The van der Waals surface area contributed by atoms with Crippen molar-refractivity contribution in [1.29, 1.82) is 0 Å². The largest absolute Gasteiger partial charge is 0.393 e. The molecule has 0 bridgehead atoms. The molecule has 1 saturated carbocycles. The first-order chi connectivity index (χ1) is 10.4. The molecular weight excluding hydrogens is 321 g/mol. The zero-order chi connectivity index (χ0) is 15.9. The number of hydrogen-bond donors (Lipinski definition) is 1. The highest BCUT2D eigenvalue weighted by molar-refractivity contribution is 7.92. The number of rotatable bonds is 4. The Bertz CT molecular complexity index is 821. The normalized spacial score (nSPS) is 24.0. The number of benzene rings is 2. The molecule has 6 heteroatoms. The SMILES string of the molecule is NC(=S)C1C(c2cccc(F)c2)C1S(=O)(=O)c1ccccc1. The summed E-state index contributed by atoms with van der Waals surface area (Å²) in [6.45, 7) is 0. The molecule has 0 radical (unpaired) electrons. The highest BCUT2D eigenvalue weighted by Gasteiger charge is 2.60.